The van der Waals surface area contributed by atoms with Crippen molar-refractivity contribution in [1.82, 2.24) is 14.5 Å². The fourth-order valence-electron chi connectivity index (χ4n) is 3.23. The first-order valence-electron chi connectivity index (χ1n) is 8.78. The fraction of sp³-hybridized carbons (Fsp3) is 0.421. The van der Waals surface area contributed by atoms with Crippen molar-refractivity contribution in [3.8, 4) is 5.69 Å². The van der Waals surface area contributed by atoms with E-state index in [1.165, 1.54) is 11.8 Å². The minimum atomic E-state index is -0.249. The van der Waals surface area contributed by atoms with Gasteiger partial charge in [0.05, 0.1) is 18.7 Å². The Morgan fingerprint density at radius 3 is 2.77 bits per heavy atom. The number of benzene rings is 1. The lowest BCUT2D eigenvalue weighted by molar-refractivity contribution is -0.149. The zero-order valence-corrected chi connectivity index (χ0v) is 15.9. The summed E-state index contributed by atoms with van der Waals surface area (Å²) in [6.07, 6.45) is 5.11. The Bertz CT molecular complexity index is 776. The predicted octanol–water partition coefficient (Wildman–Crippen LogP) is 3.01. The van der Waals surface area contributed by atoms with Gasteiger partial charge in [-0.2, -0.15) is 0 Å². The Labute approximate surface area is 157 Å². The van der Waals surface area contributed by atoms with E-state index in [-0.39, 0.29) is 17.8 Å². The highest BCUT2D eigenvalue weighted by molar-refractivity contribution is 7.98. The first kappa shape index (κ1) is 18.5. The standard InChI is InChI=1S/C19H23N3O3S/c1-3-25-18(24)14-8-7-11-21(13-14)17(23)16-12-20-19(26-2)22(16)15-9-5-4-6-10-15/h4-6,9-10,12,14H,3,7-8,11,13H2,1-2H3. The van der Waals surface area contributed by atoms with E-state index in [9.17, 15) is 9.59 Å². The molecular weight excluding hydrogens is 350 g/mol. The van der Waals surface area contributed by atoms with Crippen LogP contribution in [0.5, 0.6) is 0 Å². The second-order valence-corrected chi connectivity index (χ2v) is 6.92. The SMILES string of the molecule is CCOC(=O)C1CCCN(C(=O)c2cnc(SC)n2-c2ccccc2)C1. The number of aromatic nitrogens is 2. The second kappa shape index (κ2) is 8.40. The Morgan fingerprint density at radius 2 is 2.08 bits per heavy atom. The molecule has 1 atom stereocenters. The van der Waals surface area contributed by atoms with Crippen molar-refractivity contribution in [2.24, 2.45) is 5.92 Å². The zero-order valence-electron chi connectivity index (χ0n) is 15.1. The van der Waals surface area contributed by atoms with Crippen LogP contribution in [0.15, 0.2) is 41.7 Å². The number of piperidine rings is 1. The molecule has 0 N–H and O–H groups in total. The second-order valence-electron chi connectivity index (χ2n) is 6.14. The Kier molecular flexibility index (Phi) is 5.98. The van der Waals surface area contributed by atoms with Crippen LogP contribution in [0.1, 0.15) is 30.3 Å². The number of hydrogen-bond acceptors (Lipinski definition) is 5. The number of carbonyl (C=O) groups is 2. The molecule has 1 fully saturated rings. The minimum Gasteiger partial charge on any atom is -0.466 e. The summed E-state index contributed by atoms with van der Waals surface area (Å²) < 4.78 is 7.01. The molecule has 1 aromatic carbocycles. The summed E-state index contributed by atoms with van der Waals surface area (Å²) in [5.74, 6) is -0.567. The van der Waals surface area contributed by atoms with Crippen LogP contribution in [-0.2, 0) is 9.53 Å². The maximum absolute atomic E-state index is 13.2. The normalized spacial score (nSPS) is 17.2. The largest absolute Gasteiger partial charge is 0.466 e. The van der Waals surface area contributed by atoms with Crippen LogP contribution in [-0.4, -0.2) is 52.3 Å². The van der Waals surface area contributed by atoms with Gasteiger partial charge in [0.2, 0.25) is 0 Å². The van der Waals surface area contributed by atoms with Crippen molar-refractivity contribution in [1.29, 1.82) is 0 Å². The lowest BCUT2D eigenvalue weighted by Gasteiger charge is -2.31. The number of esters is 1. The van der Waals surface area contributed by atoms with Gasteiger partial charge in [0.1, 0.15) is 5.69 Å². The number of para-hydroxylation sites is 1. The molecule has 26 heavy (non-hydrogen) atoms. The van der Waals surface area contributed by atoms with Gasteiger partial charge in [0.25, 0.3) is 5.91 Å². The van der Waals surface area contributed by atoms with Gasteiger partial charge in [-0.25, -0.2) is 4.98 Å². The molecule has 1 aliphatic rings. The lowest BCUT2D eigenvalue weighted by Crippen LogP contribution is -2.43. The third-order valence-electron chi connectivity index (χ3n) is 4.47. The number of ether oxygens (including phenoxy) is 1. The van der Waals surface area contributed by atoms with E-state index in [1.807, 2.05) is 41.2 Å². The molecule has 1 unspecified atom stereocenters. The number of hydrogen-bond donors (Lipinski definition) is 0. The molecule has 0 bridgehead atoms. The van der Waals surface area contributed by atoms with Gasteiger partial charge in [-0.3, -0.25) is 14.2 Å². The van der Waals surface area contributed by atoms with Gasteiger partial charge >= 0.3 is 5.97 Å². The maximum Gasteiger partial charge on any atom is 0.310 e. The average molecular weight is 373 g/mol. The number of nitrogens with zero attached hydrogens (tertiary/aromatic N) is 3. The van der Waals surface area contributed by atoms with E-state index >= 15 is 0 Å². The lowest BCUT2D eigenvalue weighted by atomic mass is 9.98. The van der Waals surface area contributed by atoms with Crippen molar-refractivity contribution >= 4 is 23.6 Å². The van der Waals surface area contributed by atoms with Crippen LogP contribution in [0, 0.1) is 5.92 Å². The third-order valence-corrected chi connectivity index (χ3v) is 5.13. The topological polar surface area (TPSA) is 64.4 Å². The third kappa shape index (κ3) is 3.77. The number of likely N-dealkylation sites (tertiary alicyclic amines) is 1. The summed E-state index contributed by atoms with van der Waals surface area (Å²) in [7, 11) is 0. The van der Waals surface area contributed by atoms with E-state index < -0.39 is 0 Å². The van der Waals surface area contributed by atoms with Crippen molar-refractivity contribution in [2.45, 2.75) is 24.9 Å². The minimum absolute atomic E-state index is 0.101. The van der Waals surface area contributed by atoms with Gasteiger partial charge in [-0.1, -0.05) is 30.0 Å². The Morgan fingerprint density at radius 1 is 1.31 bits per heavy atom. The van der Waals surface area contributed by atoms with Crippen LogP contribution in [0.25, 0.3) is 5.69 Å². The molecule has 0 aliphatic carbocycles. The Hall–Kier alpha value is -2.28. The molecule has 7 heteroatoms. The van der Waals surface area contributed by atoms with Crippen LogP contribution in [0.3, 0.4) is 0 Å². The van der Waals surface area contributed by atoms with Gasteiger partial charge in [0, 0.05) is 18.8 Å². The van der Waals surface area contributed by atoms with E-state index in [1.54, 1.807) is 18.0 Å². The number of carbonyl (C=O) groups excluding carboxylic acids is 2. The van der Waals surface area contributed by atoms with Gasteiger partial charge < -0.3 is 9.64 Å². The number of thioether (sulfide) groups is 1. The highest BCUT2D eigenvalue weighted by Gasteiger charge is 2.31. The van der Waals surface area contributed by atoms with E-state index in [0.717, 1.165) is 23.7 Å². The van der Waals surface area contributed by atoms with Gasteiger partial charge in [0.15, 0.2) is 5.16 Å². The monoisotopic (exact) mass is 373 g/mol. The van der Waals surface area contributed by atoms with Crippen LogP contribution in [0.4, 0.5) is 0 Å². The molecule has 0 saturated carbocycles. The zero-order chi connectivity index (χ0) is 18.5. The van der Waals surface area contributed by atoms with Crippen LogP contribution in [0.2, 0.25) is 0 Å². The molecule has 0 radical (unpaired) electrons. The van der Waals surface area contributed by atoms with Crippen LogP contribution >= 0.6 is 11.8 Å². The first-order valence-corrected chi connectivity index (χ1v) is 10.0. The molecule has 1 aliphatic heterocycles. The number of imidazole rings is 1. The molecule has 6 nitrogen and oxygen atoms in total. The summed E-state index contributed by atoms with van der Waals surface area (Å²) >= 11 is 1.49. The predicted molar refractivity (Wildman–Crippen MR) is 101 cm³/mol. The van der Waals surface area contributed by atoms with E-state index in [4.69, 9.17) is 4.74 Å². The van der Waals surface area contributed by atoms with Gasteiger partial charge in [-0.15, -0.1) is 0 Å². The van der Waals surface area contributed by atoms with E-state index in [0.29, 0.717) is 25.4 Å². The maximum atomic E-state index is 13.2. The quantitative estimate of drug-likeness (QED) is 0.595. The molecule has 3 rings (SSSR count). The van der Waals surface area contributed by atoms with Crippen molar-refractivity contribution in [3.05, 3.63) is 42.2 Å². The highest BCUT2D eigenvalue weighted by atomic mass is 32.2. The summed E-state index contributed by atoms with van der Waals surface area (Å²) in [4.78, 5) is 31.4. The van der Waals surface area contributed by atoms with Gasteiger partial charge in [-0.05, 0) is 38.2 Å². The Balaban J connectivity index is 1.86. The van der Waals surface area contributed by atoms with Crippen molar-refractivity contribution in [2.75, 3.05) is 26.0 Å². The summed E-state index contributed by atoms with van der Waals surface area (Å²) in [5.41, 5.74) is 1.42. The molecule has 1 amide bonds. The number of rotatable bonds is 5. The molecule has 138 valence electrons. The first-order chi connectivity index (χ1) is 12.7. The smallest absolute Gasteiger partial charge is 0.310 e. The molecule has 2 heterocycles. The molecule has 2 aromatic rings. The molecule has 1 saturated heterocycles. The van der Waals surface area contributed by atoms with Crippen molar-refractivity contribution in [3.63, 3.8) is 0 Å². The summed E-state index contributed by atoms with van der Waals surface area (Å²) in [6, 6.07) is 9.72. The molecule has 0 spiro atoms. The molecule has 1 aromatic heterocycles. The fourth-order valence-corrected chi connectivity index (χ4v) is 3.78. The van der Waals surface area contributed by atoms with Crippen LogP contribution < -0.4 is 0 Å². The molecular formula is C19H23N3O3S. The highest BCUT2D eigenvalue weighted by Crippen LogP contribution is 2.25. The number of amides is 1. The van der Waals surface area contributed by atoms with E-state index in [2.05, 4.69) is 4.98 Å². The average Bonchev–Trinajstić information content (AvgIpc) is 3.12. The summed E-state index contributed by atoms with van der Waals surface area (Å²) in [5, 5.41) is 0.763. The van der Waals surface area contributed by atoms with Crippen molar-refractivity contribution < 1.29 is 14.3 Å². The summed E-state index contributed by atoms with van der Waals surface area (Å²) in [6.45, 7) is 3.20.